The number of hydrogen-bond donors (Lipinski definition) is 1. The van der Waals surface area contributed by atoms with Crippen molar-refractivity contribution in [1.29, 1.82) is 0 Å². The van der Waals surface area contributed by atoms with Crippen LogP contribution in [0.2, 0.25) is 0 Å². The highest BCUT2D eigenvalue weighted by atomic mass is 16.7. The maximum absolute atomic E-state index is 12.5. The summed E-state index contributed by atoms with van der Waals surface area (Å²) >= 11 is 0. The number of nitrogens with zero attached hydrogens (tertiary/aromatic N) is 1. The fraction of sp³-hybridized carbons (Fsp3) is 0.217. The van der Waals surface area contributed by atoms with Crippen molar-refractivity contribution >= 4 is 5.91 Å². The highest BCUT2D eigenvalue weighted by Crippen LogP contribution is 2.32. The van der Waals surface area contributed by atoms with Gasteiger partial charge in [-0.3, -0.25) is 4.79 Å². The number of ether oxygens (including phenoxy) is 2. The molecule has 1 aromatic heterocycles. The predicted molar refractivity (Wildman–Crippen MR) is 105 cm³/mol. The van der Waals surface area contributed by atoms with Crippen LogP contribution >= 0.6 is 0 Å². The second kappa shape index (κ2) is 8.13. The Balaban J connectivity index is 1.34. The molecule has 0 spiro atoms. The standard InChI is InChI=1S/C23H22N2O3/c1-17(23(26)24-15-20-7-8-21-22(14-20)28-16-27-21)25-11-9-19(10-12-25)13-18-5-3-2-4-6-18/h2-12,14,17H,13,15-16H2,1H3/p+1/t17-/m0/s1. The van der Waals surface area contributed by atoms with Gasteiger partial charge in [-0.05, 0) is 35.2 Å². The lowest BCUT2D eigenvalue weighted by Gasteiger charge is -2.10. The van der Waals surface area contributed by atoms with E-state index in [0.717, 1.165) is 23.5 Å². The summed E-state index contributed by atoms with van der Waals surface area (Å²) in [5, 5.41) is 2.99. The summed E-state index contributed by atoms with van der Waals surface area (Å²) in [4.78, 5) is 12.5. The number of benzene rings is 2. The molecule has 5 nitrogen and oxygen atoms in total. The van der Waals surface area contributed by atoms with Crippen LogP contribution in [0.15, 0.2) is 73.1 Å². The van der Waals surface area contributed by atoms with E-state index in [1.807, 2.05) is 60.3 Å². The van der Waals surface area contributed by atoms with E-state index in [1.165, 1.54) is 11.1 Å². The van der Waals surface area contributed by atoms with E-state index in [1.54, 1.807) is 0 Å². The number of amides is 1. The van der Waals surface area contributed by atoms with E-state index >= 15 is 0 Å². The molecular weight excluding hydrogens is 352 g/mol. The molecule has 0 fully saturated rings. The summed E-state index contributed by atoms with van der Waals surface area (Å²) in [5.41, 5.74) is 3.47. The van der Waals surface area contributed by atoms with Crippen molar-refractivity contribution in [2.75, 3.05) is 6.79 Å². The molecule has 1 N–H and O–H groups in total. The number of pyridine rings is 1. The Hall–Kier alpha value is -3.34. The van der Waals surface area contributed by atoms with Gasteiger partial charge in [0.05, 0.1) is 0 Å². The number of nitrogens with one attached hydrogen (secondary N) is 1. The van der Waals surface area contributed by atoms with Gasteiger partial charge in [-0.2, -0.15) is 4.57 Å². The van der Waals surface area contributed by atoms with E-state index in [2.05, 4.69) is 29.6 Å². The average Bonchev–Trinajstić information content (AvgIpc) is 3.21. The van der Waals surface area contributed by atoms with Gasteiger partial charge >= 0.3 is 0 Å². The lowest BCUT2D eigenvalue weighted by Crippen LogP contribution is -2.46. The lowest BCUT2D eigenvalue weighted by atomic mass is 10.1. The van der Waals surface area contributed by atoms with E-state index in [-0.39, 0.29) is 18.7 Å². The van der Waals surface area contributed by atoms with E-state index in [9.17, 15) is 4.79 Å². The van der Waals surface area contributed by atoms with Crippen LogP contribution in [-0.2, 0) is 17.8 Å². The molecule has 0 unspecified atom stereocenters. The normalized spacial score (nSPS) is 13.2. The highest BCUT2D eigenvalue weighted by Gasteiger charge is 2.22. The summed E-state index contributed by atoms with van der Waals surface area (Å²) in [5.74, 6) is 1.44. The first kappa shape index (κ1) is 18.0. The SMILES string of the molecule is C[C@@H](C(=O)NCc1ccc2c(c1)OCO2)[n+]1ccc(Cc2ccccc2)cc1. The van der Waals surface area contributed by atoms with Crippen LogP contribution in [-0.4, -0.2) is 12.7 Å². The first-order valence-electron chi connectivity index (χ1n) is 9.39. The van der Waals surface area contributed by atoms with Crippen molar-refractivity contribution in [3.63, 3.8) is 0 Å². The van der Waals surface area contributed by atoms with Gasteiger partial charge in [0, 0.05) is 25.6 Å². The Morgan fingerprint density at radius 1 is 0.964 bits per heavy atom. The van der Waals surface area contributed by atoms with Gasteiger partial charge in [0.1, 0.15) is 0 Å². The van der Waals surface area contributed by atoms with E-state index in [0.29, 0.717) is 6.54 Å². The molecule has 0 aliphatic carbocycles. The van der Waals surface area contributed by atoms with Gasteiger partial charge in [-0.1, -0.05) is 36.4 Å². The number of carbonyl (C=O) groups is 1. The van der Waals surface area contributed by atoms with Crippen molar-refractivity contribution in [3.8, 4) is 11.5 Å². The first-order chi connectivity index (χ1) is 13.7. The fourth-order valence-corrected chi connectivity index (χ4v) is 3.20. The zero-order valence-electron chi connectivity index (χ0n) is 15.8. The third kappa shape index (κ3) is 4.14. The zero-order chi connectivity index (χ0) is 19.3. The topological polar surface area (TPSA) is 51.4 Å². The van der Waals surface area contributed by atoms with Gasteiger partial charge in [-0.25, -0.2) is 0 Å². The van der Waals surface area contributed by atoms with Crippen LogP contribution in [0.1, 0.15) is 29.7 Å². The van der Waals surface area contributed by atoms with Gasteiger partial charge < -0.3 is 14.8 Å². The molecule has 0 saturated heterocycles. The number of carbonyl (C=O) groups excluding carboxylic acids is 1. The summed E-state index contributed by atoms with van der Waals surface area (Å²) in [6.07, 6.45) is 4.80. The largest absolute Gasteiger partial charge is 0.454 e. The number of aromatic nitrogens is 1. The molecule has 0 bridgehead atoms. The van der Waals surface area contributed by atoms with Crippen LogP contribution < -0.4 is 19.4 Å². The summed E-state index contributed by atoms with van der Waals surface area (Å²) in [6.45, 7) is 2.59. The number of fused-ring (bicyclic) bond motifs is 1. The smallest absolute Gasteiger partial charge is 0.289 e. The Kier molecular flexibility index (Phi) is 5.24. The highest BCUT2D eigenvalue weighted by molar-refractivity contribution is 5.78. The van der Waals surface area contributed by atoms with Crippen LogP contribution in [0.5, 0.6) is 11.5 Å². The van der Waals surface area contributed by atoms with Crippen LogP contribution in [0.25, 0.3) is 0 Å². The summed E-state index contributed by atoms with van der Waals surface area (Å²) in [7, 11) is 0. The minimum absolute atomic E-state index is 0.0292. The van der Waals surface area contributed by atoms with E-state index in [4.69, 9.17) is 9.47 Å². The Morgan fingerprint density at radius 3 is 2.46 bits per heavy atom. The first-order valence-corrected chi connectivity index (χ1v) is 9.39. The lowest BCUT2D eigenvalue weighted by molar-refractivity contribution is -0.706. The summed E-state index contributed by atoms with van der Waals surface area (Å²) in [6, 6.07) is 19.9. The second-order valence-corrected chi connectivity index (χ2v) is 6.90. The molecule has 28 heavy (non-hydrogen) atoms. The molecule has 1 atom stereocenters. The van der Waals surface area contributed by atoms with Crippen LogP contribution in [0, 0.1) is 0 Å². The van der Waals surface area contributed by atoms with Gasteiger partial charge in [0.15, 0.2) is 23.9 Å². The molecule has 0 saturated carbocycles. The molecule has 3 aromatic rings. The minimum Gasteiger partial charge on any atom is -0.454 e. The molecule has 0 radical (unpaired) electrons. The van der Waals surface area contributed by atoms with Gasteiger partial charge in [-0.15, -0.1) is 0 Å². The Labute approximate surface area is 164 Å². The second-order valence-electron chi connectivity index (χ2n) is 6.90. The molecule has 5 heteroatoms. The van der Waals surface area contributed by atoms with Gasteiger partial charge in [0.2, 0.25) is 12.8 Å². The third-order valence-corrected chi connectivity index (χ3v) is 4.90. The summed E-state index contributed by atoms with van der Waals surface area (Å²) < 4.78 is 12.6. The molecule has 1 aliphatic rings. The van der Waals surface area contributed by atoms with Gasteiger partial charge in [0.25, 0.3) is 5.91 Å². The molecule has 2 heterocycles. The molecular formula is C23H23N2O3+. The van der Waals surface area contributed by atoms with Crippen molar-refractivity contribution in [2.24, 2.45) is 0 Å². The maximum atomic E-state index is 12.5. The van der Waals surface area contributed by atoms with E-state index < -0.39 is 0 Å². The zero-order valence-corrected chi connectivity index (χ0v) is 15.8. The van der Waals surface area contributed by atoms with Crippen LogP contribution in [0.4, 0.5) is 0 Å². The fourth-order valence-electron chi connectivity index (χ4n) is 3.20. The monoisotopic (exact) mass is 375 g/mol. The minimum atomic E-state index is -0.292. The molecule has 4 rings (SSSR count). The number of rotatable bonds is 6. The molecule has 142 valence electrons. The predicted octanol–water partition coefficient (Wildman–Crippen LogP) is 3.17. The van der Waals surface area contributed by atoms with Crippen molar-refractivity contribution in [3.05, 3.63) is 89.7 Å². The maximum Gasteiger partial charge on any atom is 0.289 e. The molecule has 2 aromatic carbocycles. The quantitative estimate of drug-likeness (QED) is 0.674. The van der Waals surface area contributed by atoms with Crippen molar-refractivity contribution in [1.82, 2.24) is 5.32 Å². The average molecular weight is 375 g/mol. The van der Waals surface area contributed by atoms with Crippen molar-refractivity contribution in [2.45, 2.75) is 25.9 Å². The molecule has 1 aliphatic heterocycles. The van der Waals surface area contributed by atoms with Crippen molar-refractivity contribution < 1.29 is 18.8 Å². The number of hydrogen-bond acceptors (Lipinski definition) is 3. The van der Waals surface area contributed by atoms with Crippen LogP contribution in [0.3, 0.4) is 0 Å². The molecule has 1 amide bonds. The Morgan fingerprint density at radius 2 is 1.68 bits per heavy atom. The third-order valence-electron chi connectivity index (χ3n) is 4.90. The Bertz CT molecular complexity index is 955.